The molecule has 0 unspecified atom stereocenters. The number of hydrogen-bond donors (Lipinski definition) is 0. The number of benzene rings is 1. The highest BCUT2D eigenvalue weighted by atomic mass is 16.5. The molecule has 0 atom stereocenters. The molecule has 1 aromatic carbocycles. The topological polar surface area (TPSA) is 9.23 Å². The molecule has 0 radical (unpaired) electrons. The summed E-state index contributed by atoms with van der Waals surface area (Å²) in [6.45, 7) is 6.76. The molecule has 23 heavy (non-hydrogen) atoms. The lowest BCUT2D eigenvalue weighted by Crippen LogP contribution is -1.99. The molecular weight excluding hydrogens is 280 g/mol. The average Bonchev–Trinajstić information content (AvgIpc) is 2.58. The average molecular weight is 317 g/mol. The Bertz CT molecular complexity index is 397. The lowest BCUT2D eigenvalue weighted by molar-refractivity contribution is 0.321. The Morgan fingerprint density at radius 1 is 0.870 bits per heavy atom. The Hall–Kier alpha value is -1.24. The number of hydrogen-bond acceptors (Lipinski definition) is 1. The van der Waals surface area contributed by atoms with Gasteiger partial charge in [-0.25, -0.2) is 0 Å². The summed E-state index contributed by atoms with van der Waals surface area (Å²) >= 11 is 0. The number of unbranched alkanes of at least 4 members (excludes halogenated alkanes) is 9. The Kier molecular flexibility index (Phi) is 12.4. The molecule has 1 heteroatoms. The standard InChI is InChI=1S/C22H36O/c1-3-5-7-8-9-10-11-12-13-14-17-21-18-15-16-19-22(21)23-20-6-4-2/h4,15-16,18-19H,2-3,5-14,17,20H2,1H3. The highest BCUT2D eigenvalue weighted by molar-refractivity contribution is 5.33. The van der Waals surface area contributed by atoms with Gasteiger partial charge >= 0.3 is 0 Å². The number of para-hydroxylation sites is 1. The van der Waals surface area contributed by atoms with Gasteiger partial charge in [-0.05, 0) is 30.9 Å². The fourth-order valence-corrected chi connectivity index (χ4v) is 2.91. The van der Waals surface area contributed by atoms with Crippen LogP contribution in [0.4, 0.5) is 0 Å². The van der Waals surface area contributed by atoms with Crippen LogP contribution in [0.15, 0.2) is 36.9 Å². The largest absolute Gasteiger partial charge is 0.493 e. The minimum Gasteiger partial charge on any atom is -0.493 e. The first kappa shape index (κ1) is 19.8. The van der Waals surface area contributed by atoms with E-state index in [-0.39, 0.29) is 0 Å². The Morgan fingerprint density at radius 2 is 1.48 bits per heavy atom. The predicted octanol–water partition coefficient (Wildman–Crippen LogP) is 7.10. The van der Waals surface area contributed by atoms with Crippen LogP contribution in [0.25, 0.3) is 0 Å². The zero-order valence-electron chi connectivity index (χ0n) is 15.2. The van der Waals surface area contributed by atoms with E-state index in [0.29, 0.717) is 0 Å². The van der Waals surface area contributed by atoms with Crippen LogP contribution in [-0.4, -0.2) is 6.61 Å². The normalized spacial score (nSPS) is 10.7. The van der Waals surface area contributed by atoms with Crippen LogP contribution in [0.2, 0.25) is 0 Å². The van der Waals surface area contributed by atoms with Crippen molar-refractivity contribution in [2.24, 2.45) is 0 Å². The van der Waals surface area contributed by atoms with Gasteiger partial charge in [-0.3, -0.25) is 0 Å². The van der Waals surface area contributed by atoms with E-state index in [0.717, 1.165) is 25.2 Å². The van der Waals surface area contributed by atoms with E-state index >= 15 is 0 Å². The van der Waals surface area contributed by atoms with Crippen LogP contribution in [0, 0.1) is 0 Å². The number of ether oxygens (including phenoxy) is 1. The Balaban J connectivity index is 2.08. The van der Waals surface area contributed by atoms with Crippen molar-refractivity contribution in [3.8, 4) is 5.75 Å². The van der Waals surface area contributed by atoms with Crippen LogP contribution in [0.3, 0.4) is 0 Å². The molecule has 0 bridgehead atoms. The van der Waals surface area contributed by atoms with Gasteiger partial charge in [0.25, 0.3) is 0 Å². The molecule has 0 aliphatic heterocycles. The van der Waals surface area contributed by atoms with Gasteiger partial charge in [0.2, 0.25) is 0 Å². The zero-order valence-corrected chi connectivity index (χ0v) is 15.2. The van der Waals surface area contributed by atoms with Gasteiger partial charge < -0.3 is 4.74 Å². The lowest BCUT2D eigenvalue weighted by atomic mass is 10.0. The van der Waals surface area contributed by atoms with E-state index in [1.54, 1.807) is 0 Å². The first-order chi connectivity index (χ1) is 11.4. The van der Waals surface area contributed by atoms with Crippen molar-refractivity contribution in [3.05, 3.63) is 42.5 Å². The molecule has 0 aromatic heterocycles. The minimum atomic E-state index is 0.735. The maximum Gasteiger partial charge on any atom is 0.122 e. The molecule has 0 heterocycles. The van der Waals surface area contributed by atoms with E-state index in [9.17, 15) is 0 Å². The highest BCUT2D eigenvalue weighted by Gasteiger charge is 2.02. The summed E-state index contributed by atoms with van der Waals surface area (Å²) in [6, 6.07) is 8.48. The van der Waals surface area contributed by atoms with Gasteiger partial charge in [-0.2, -0.15) is 0 Å². The van der Waals surface area contributed by atoms with Crippen molar-refractivity contribution in [1.82, 2.24) is 0 Å². The second-order valence-corrected chi connectivity index (χ2v) is 6.47. The maximum absolute atomic E-state index is 5.85. The summed E-state index contributed by atoms with van der Waals surface area (Å²) in [5.41, 5.74) is 1.36. The quantitative estimate of drug-likeness (QED) is 0.247. The fraction of sp³-hybridized carbons (Fsp3) is 0.636. The first-order valence-corrected chi connectivity index (χ1v) is 9.70. The third kappa shape index (κ3) is 10.2. The summed E-state index contributed by atoms with van der Waals surface area (Å²) in [5.74, 6) is 1.06. The molecule has 1 aromatic rings. The molecule has 0 N–H and O–H groups in total. The predicted molar refractivity (Wildman–Crippen MR) is 102 cm³/mol. The second kappa shape index (κ2) is 14.4. The summed E-state index contributed by atoms with van der Waals surface area (Å²) in [7, 11) is 0. The Morgan fingerprint density at radius 3 is 2.13 bits per heavy atom. The van der Waals surface area contributed by atoms with Crippen LogP contribution in [0.1, 0.15) is 83.1 Å². The lowest BCUT2D eigenvalue weighted by Gasteiger charge is -2.10. The van der Waals surface area contributed by atoms with E-state index in [1.807, 2.05) is 6.08 Å². The van der Waals surface area contributed by atoms with Crippen molar-refractivity contribution in [2.75, 3.05) is 6.61 Å². The Labute approximate surface area is 144 Å². The minimum absolute atomic E-state index is 0.735. The maximum atomic E-state index is 5.85. The van der Waals surface area contributed by atoms with E-state index in [1.165, 1.54) is 69.8 Å². The zero-order chi connectivity index (χ0) is 16.6. The monoisotopic (exact) mass is 316 g/mol. The van der Waals surface area contributed by atoms with Crippen molar-refractivity contribution in [2.45, 2.75) is 84.0 Å². The molecule has 1 rings (SSSR count). The van der Waals surface area contributed by atoms with Gasteiger partial charge in [0, 0.05) is 0 Å². The van der Waals surface area contributed by atoms with Gasteiger partial charge in [0.1, 0.15) is 5.75 Å². The molecule has 0 saturated carbocycles. The fourth-order valence-electron chi connectivity index (χ4n) is 2.91. The molecule has 0 spiro atoms. The summed E-state index contributed by atoms with van der Waals surface area (Å²) < 4.78 is 5.85. The number of aryl methyl sites for hydroxylation is 1. The van der Waals surface area contributed by atoms with E-state index in [4.69, 9.17) is 4.74 Å². The molecule has 0 aliphatic carbocycles. The van der Waals surface area contributed by atoms with Gasteiger partial charge in [0.15, 0.2) is 0 Å². The van der Waals surface area contributed by atoms with Crippen LogP contribution >= 0.6 is 0 Å². The van der Waals surface area contributed by atoms with Crippen molar-refractivity contribution >= 4 is 0 Å². The second-order valence-electron chi connectivity index (χ2n) is 6.47. The van der Waals surface area contributed by atoms with Crippen molar-refractivity contribution < 1.29 is 4.74 Å². The summed E-state index contributed by atoms with van der Waals surface area (Å²) in [4.78, 5) is 0. The van der Waals surface area contributed by atoms with Gasteiger partial charge in [0.05, 0.1) is 6.61 Å². The molecule has 1 nitrogen and oxygen atoms in total. The summed E-state index contributed by atoms with van der Waals surface area (Å²) in [6.07, 6.45) is 17.8. The third-order valence-corrected chi connectivity index (χ3v) is 4.35. The van der Waals surface area contributed by atoms with Crippen molar-refractivity contribution in [3.63, 3.8) is 0 Å². The molecule has 0 aliphatic rings. The SMILES string of the molecule is C=CCCOc1ccccc1CCCCCCCCCCCC. The highest BCUT2D eigenvalue weighted by Crippen LogP contribution is 2.21. The molecular formula is C22H36O. The van der Waals surface area contributed by atoms with Crippen molar-refractivity contribution in [1.29, 1.82) is 0 Å². The van der Waals surface area contributed by atoms with Crippen LogP contribution in [-0.2, 0) is 6.42 Å². The molecule has 0 fully saturated rings. The van der Waals surface area contributed by atoms with Gasteiger partial charge in [-0.15, -0.1) is 6.58 Å². The molecule has 0 saturated heterocycles. The number of rotatable bonds is 15. The van der Waals surface area contributed by atoms with E-state index < -0.39 is 0 Å². The van der Waals surface area contributed by atoms with Gasteiger partial charge in [-0.1, -0.05) is 89.0 Å². The third-order valence-electron chi connectivity index (χ3n) is 4.35. The van der Waals surface area contributed by atoms with Crippen LogP contribution < -0.4 is 4.74 Å². The van der Waals surface area contributed by atoms with Crippen LogP contribution in [0.5, 0.6) is 5.75 Å². The molecule has 130 valence electrons. The molecule has 0 amide bonds. The summed E-state index contributed by atoms with van der Waals surface area (Å²) in [5, 5.41) is 0. The first-order valence-electron chi connectivity index (χ1n) is 9.70. The smallest absolute Gasteiger partial charge is 0.122 e. The van der Waals surface area contributed by atoms with E-state index in [2.05, 4.69) is 37.8 Å².